The minimum Gasteiger partial charge on any atom is -0.404 e. The zero-order valence-electron chi connectivity index (χ0n) is 13.0. The van der Waals surface area contributed by atoms with Crippen LogP contribution in [0.25, 0.3) is 0 Å². The van der Waals surface area contributed by atoms with E-state index in [0.29, 0.717) is 12.5 Å². The van der Waals surface area contributed by atoms with Crippen molar-refractivity contribution in [3.63, 3.8) is 0 Å². The van der Waals surface area contributed by atoms with Gasteiger partial charge in [-0.1, -0.05) is 62.4 Å². The van der Waals surface area contributed by atoms with Crippen LogP contribution >= 0.6 is 24.0 Å². The van der Waals surface area contributed by atoms with Gasteiger partial charge in [0, 0.05) is 0 Å². The van der Waals surface area contributed by atoms with Crippen LogP contribution in [0.3, 0.4) is 0 Å². The molecule has 0 fully saturated rings. The second-order valence-corrected chi connectivity index (χ2v) is 6.03. The van der Waals surface area contributed by atoms with Gasteiger partial charge in [0.1, 0.15) is 11.3 Å². The van der Waals surface area contributed by atoms with Crippen LogP contribution in [-0.4, -0.2) is 10.6 Å². The lowest BCUT2D eigenvalue weighted by Gasteiger charge is -2.28. The van der Waals surface area contributed by atoms with Crippen molar-refractivity contribution in [2.24, 2.45) is 5.92 Å². The first-order valence-corrected chi connectivity index (χ1v) is 7.76. The largest absolute Gasteiger partial charge is 0.404 e. The minimum atomic E-state index is -0.162. The van der Waals surface area contributed by atoms with E-state index in [1.54, 1.807) is 0 Å². The molecular weight excluding hydrogens is 317 g/mol. The van der Waals surface area contributed by atoms with Gasteiger partial charge in [0.2, 0.25) is 0 Å². The number of alkyl halides is 1. The maximum absolute atomic E-state index is 6.54. The quantitative estimate of drug-likeness (QED) is 0.374. The van der Waals surface area contributed by atoms with Gasteiger partial charge >= 0.3 is 0 Å². The lowest BCUT2D eigenvalue weighted by molar-refractivity contribution is -0.0843. The van der Waals surface area contributed by atoms with Gasteiger partial charge in [0.25, 0.3) is 0 Å². The number of benzene rings is 2. The summed E-state index contributed by atoms with van der Waals surface area (Å²) < 4.78 is 0. The zero-order valence-corrected chi connectivity index (χ0v) is 14.6. The fourth-order valence-electron chi connectivity index (χ4n) is 2.08. The third kappa shape index (κ3) is 6.27. The van der Waals surface area contributed by atoms with Gasteiger partial charge < -0.3 is 4.84 Å². The molecule has 22 heavy (non-hydrogen) atoms. The number of rotatable bonds is 7. The van der Waals surface area contributed by atoms with E-state index in [0.717, 1.165) is 12.2 Å². The Labute approximate surface area is 144 Å². The van der Waals surface area contributed by atoms with Crippen molar-refractivity contribution in [2.75, 3.05) is 0 Å². The van der Waals surface area contributed by atoms with Crippen LogP contribution in [0.15, 0.2) is 60.7 Å². The Morgan fingerprint density at radius 1 is 0.955 bits per heavy atom. The van der Waals surface area contributed by atoms with Crippen LogP contribution in [0.2, 0.25) is 0 Å². The molecule has 0 bridgehead atoms. The normalized spacial score (nSPS) is 12.0. The van der Waals surface area contributed by atoms with E-state index < -0.39 is 0 Å². The highest BCUT2D eigenvalue weighted by molar-refractivity contribution is 6.20. The Kier molecular flexibility index (Phi) is 8.32. The predicted octanol–water partition coefficient (Wildman–Crippen LogP) is 5.52. The molecule has 0 amide bonds. The van der Waals surface area contributed by atoms with Crippen LogP contribution < -0.4 is 4.84 Å². The highest BCUT2D eigenvalue weighted by atomic mass is 35.5. The summed E-state index contributed by atoms with van der Waals surface area (Å²) in [6, 6.07) is 20.0. The molecule has 0 radical (unpaired) electrons. The van der Waals surface area contributed by atoms with Crippen molar-refractivity contribution in [1.29, 1.82) is 0 Å². The maximum atomic E-state index is 6.54. The van der Waals surface area contributed by atoms with E-state index in [1.807, 2.05) is 53.6 Å². The number of para-hydroxylation sites is 1. The van der Waals surface area contributed by atoms with Crippen molar-refractivity contribution in [2.45, 2.75) is 32.3 Å². The standard InChI is InChI=1S/C18H22ClNO.ClH/c1-15(2)13-18(19)20(14-16-9-5-3-6-10-16)21-17-11-7-4-8-12-17;/h3-12,15,18H,13-14H2,1-2H3;1H. The van der Waals surface area contributed by atoms with Gasteiger partial charge in [-0.2, -0.15) is 0 Å². The lowest BCUT2D eigenvalue weighted by Crippen LogP contribution is -2.35. The molecular formula is C18H23Cl2NO. The molecule has 1 unspecified atom stereocenters. The first-order valence-electron chi connectivity index (χ1n) is 7.33. The minimum absolute atomic E-state index is 0. The average Bonchev–Trinajstić information content (AvgIpc) is 2.48. The van der Waals surface area contributed by atoms with E-state index >= 15 is 0 Å². The molecule has 0 spiro atoms. The Bertz CT molecular complexity index is 478. The Balaban J connectivity index is 0.00000242. The van der Waals surface area contributed by atoms with Gasteiger partial charge in [0.15, 0.2) is 0 Å². The van der Waals surface area contributed by atoms with Crippen LogP contribution in [-0.2, 0) is 6.54 Å². The monoisotopic (exact) mass is 339 g/mol. The van der Waals surface area contributed by atoms with Gasteiger partial charge in [-0.25, -0.2) is 0 Å². The highest BCUT2D eigenvalue weighted by Gasteiger charge is 2.19. The molecule has 4 heteroatoms. The predicted molar refractivity (Wildman–Crippen MR) is 95.4 cm³/mol. The third-order valence-corrected chi connectivity index (χ3v) is 3.52. The molecule has 0 heterocycles. The number of nitrogens with zero attached hydrogens (tertiary/aromatic N) is 1. The fourth-order valence-corrected chi connectivity index (χ4v) is 2.54. The van der Waals surface area contributed by atoms with E-state index in [-0.39, 0.29) is 17.9 Å². The molecule has 120 valence electrons. The molecule has 1 atom stereocenters. The Morgan fingerprint density at radius 3 is 2.05 bits per heavy atom. The Morgan fingerprint density at radius 2 is 1.50 bits per heavy atom. The summed E-state index contributed by atoms with van der Waals surface area (Å²) in [5, 5.41) is 1.85. The van der Waals surface area contributed by atoms with Crippen LogP contribution in [0.4, 0.5) is 0 Å². The summed E-state index contributed by atoms with van der Waals surface area (Å²) in [7, 11) is 0. The second-order valence-electron chi connectivity index (χ2n) is 5.53. The van der Waals surface area contributed by atoms with E-state index in [2.05, 4.69) is 26.0 Å². The van der Waals surface area contributed by atoms with Crippen molar-refractivity contribution >= 4 is 24.0 Å². The summed E-state index contributed by atoms with van der Waals surface area (Å²) in [4.78, 5) is 5.98. The molecule has 2 aromatic rings. The van der Waals surface area contributed by atoms with Gasteiger partial charge in [0.05, 0.1) is 6.54 Å². The fraction of sp³-hybridized carbons (Fsp3) is 0.333. The first kappa shape index (κ1) is 18.8. The van der Waals surface area contributed by atoms with Crippen molar-refractivity contribution < 1.29 is 4.84 Å². The molecule has 0 N–H and O–H groups in total. The van der Waals surface area contributed by atoms with E-state index in [4.69, 9.17) is 16.4 Å². The number of hydrogen-bond donors (Lipinski definition) is 0. The number of hydrogen-bond acceptors (Lipinski definition) is 2. The molecule has 2 nitrogen and oxygen atoms in total. The maximum Gasteiger partial charge on any atom is 0.147 e. The molecule has 0 aliphatic rings. The molecule has 0 saturated heterocycles. The highest BCUT2D eigenvalue weighted by Crippen LogP contribution is 2.21. The molecule has 2 rings (SSSR count). The SMILES string of the molecule is CC(C)CC(Cl)N(Cc1ccccc1)Oc1ccccc1.Cl. The summed E-state index contributed by atoms with van der Waals surface area (Å²) in [6.07, 6.45) is 0.876. The lowest BCUT2D eigenvalue weighted by atomic mass is 10.1. The van der Waals surface area contributed by atoms with Gasteiger partial charge in [-0.15, -0.1) is 29.1 Å². The summed E-state index contributed by atoms with van der Waals surface area (Å²) in [5.74, 6) is 1.33. The van der Waals surface area contributed by atoms with E-state index in [9.17, 15) is 0 Å². The zero-order chi connectivity index (χ0) is 15.1. The molecule has 0 saturated carbocycles. The number of hydroxylamine groups is 2. The molecule has 0 aromatic heterocycles. The summed E-state index contributed by atoms with van der Waals surface area (Å²) in [5.41, 5.74) is 1.02. The van der Waals surface area contributed by atoms with E-state index in [1.165, 1.54) is 5.56 Å². The first-order chi connectivity index (χ1) is 10.1. The van der Waals surface area contributed by atoms with Crippen molar-refractivity contribution in [3.05, 3.63) is 66.2 Å². The molecule has 2 aromatic carbocycles. The van der Waals surface area contributed by atoms with Gasteiger partial charge in [-0.3, -0.25) is 0 Å². The molecule has 0 aliphatic carbocycles. The Hall–Kier alpha value is -1.22. The van der Waals surface area contributed by atoms with Crippen LogP contribution in [0.1, 0.15) is 25.8 Å². The van der Waals surface area contributed by atoms with Crippen molar-refractivity contribution in [1.82, 2.24) is 5.06 Å². The number of halogens is 2. The summed E-state index contributed by atoms with van der Waals surface area (Å²) in [6.45, 7) is 4.99. The third-order valence-electron chi connectivity index (χ3n) is 3.13. The smallest absolute Gasteiger partial charge is 0.147 e. The van der Waals surface area contributed by atoms with Crippen LogP contribution in [0, 0.1) is 5.92 Å². The topological polar surface area (TPSA) is 12.5 Å². The van der Waals surface area contributed by atoms with Crippen molar-refractivity contribution in [3.8, 4) is 5.75 Å². The second kappa shape index (κ2) is 9.73. The molecule has 0 aliphatic heterocycles. The average molecular weight is 340 g/mol. The van der Waals surface area contributed by atoms with Gasteiger partial charge in [-0.05, 0) is 30.0 Å². The van der Waals surface area contributed by atoms with Crippen LogP contribution in [0.5, 0.6) is 5.75 Å². The summed E-state index contributed by atoms with van der Waals surface area (Å²) >= 11 is 6.54.